The first-order valence-electron chi connectivity index (χ1n) is 5.34. The van der Waals surface area contributed by atoms with Crippen molar-refractivity contribution in [3.63, 3.8) is 0 Å². The lowest BCUT2D eigenvalue weighted by molar-refractivity contribution is 0.0951. The zero-order valence-corrected chi connectivity index (χ0v) is 12.2. The third-order valence-electron chi connectivity index (χ3n) is 2.42. The summed E-state index contributed by atoms with van der Waals surface area (Å²) < 4.78 is 6.09. The Morgan fingerprint density at radius 1 is 1.44 bits per heavy atom. The van der Waals surface area contributed by atoms with Crippen LogP contribution in [-0.2, 0) is 6.54 Å². The van der Waals surface area contributed by atoms with E-state index in [4.69, 9.17) is 4.74 Å². The number of methoxy groups -OCH3 is 1. The van der Waals surface area contributed by atoms with Gasteiger partial charge in [-0.3, -0.25) is 4.79 Å². The van der Waals surface area contributed by atoms with E-state index in [0.717, 1.165) is 15.1 Å². The summed E-state index contributed by atoms with van der Waals surface area (Å²) in [4.78, 5) is 11.8. The van der Waals surface area contributed by atoms with Gasteiger partial charge in [-0.2, -0.15) is 0 Å². The van der Waals surface area contributed by atoms with Gasteiger partial charge < -0.3 is 10.1 Å². The lowest BCUT2D eigenvalue weighted by atomic mass is 10.2. The molecule has 5 heteroatoms. The number of amides is 1. The Balaban J connectivity index is 1.97. The van der Waals surface area contributed by atoms with Crippen LogP contribution >= 0.6 is 27.3 Å². The molecule has 1 aromatic carbocycles. The Kier molecular flexibility index (Phi) is 4.38. The molecule has 0 aliphatic rings. The summed E-state index contributed by atoms with van der Waals surface area (Å²) in [5.74, 6) is 0.722. The summed E-state index contributed by atoms with van der Waals surface area (Å²) in [7, 11) is 1.63. The molecule has 0 aliphatic carbocycles. The Hall–Kier alpha value is -1.33. The standard InChI is InChI=1S/C13H12BrNO2S/c1-17-11-4-2-3-9(5-11)7-15-13(16)10-6-12(14)18-8-10/h2-6,8H,7H2,1H3,(H,15,16). The van der Waals surface area contributed by atoms with Crippen molar-refractivity contribution in [2.45, 2.75) is 6.54 Å². The zero-order chi connectivity index (χ0) is 13.0. The van der Waals surface area contributed by atoms with Crippen LogP contribution in [-0.4, -0.2) is 13.0 Å². The fraction of sp³-hybridized carbons (Fsp3) is 0.154. The number of benzene rings is 1. The third-order valence-corrected chi connectivity index (χ3v) is 3.92. The first-order valence-corrected chi connectivity index (χ1v) is 7.01. The molecule has 0 fully saturated rings. The van der Waals surface area contributed by atoms with E-state index in [-0.39, 0.29) is 5.91 Å². The van der Waals surface area contributed by atoms with E-state index < -0.39 is 0 Å². The van der Waals surface area contributed by atoms with Crippen molar-refractivity contribution < 1.29 is 9.53 Å². The van der Waals surface area contributed by atoms with Gasteiger partial charge in [0.1, 0.15) is 5.75 Å². The maximum Gasteiger partial charge on any atom is 0.252 e. The van der Waals surface area contributed by atoms with Gasteiger partial charge in [-0.05, 0) is 39.7 Å². The van der Waals surface area contributed by atoms with E-state index in [2.05, 4.69) is 21.2 Å². The van der Waals surface area contributed by atoms with E-state index in [1.54, 1.807) is 7.11 Å². The Morgan fingerprint density at radius 2 is 2.28 bits per heavy atom. The minimum absolute atomic E-state index is 0.0697. The van der Waals surface area contributed by atoms with Crippen molar-refractivity contribution in [2.75, 3.05) is 7.11 Å². The summed E-state index contributed by atoms with van der Waals surface area (Å²) in [5, 5.41) is 4.70. The maximum absolute atomic E-state index is 11.8. The molecule has 0 radical (unpaired) electrons. The first kappa shape index (κ1) is 13.1. The van der Waals surface area contributed by atoms with Gasteiger partial charge >= 0.3 is 0 Å². The smallest absolute Gasteiger partial charge is 0.252 e. The number of carbonyl (C=O) groups is 1. The Bertz CT molecular complexity index is 553. The lowest BCUT2D eigenvalue weighted by Gasteiger charge is -2.06. The average Bonchev–Trinajstić information content (AvgIpc) is 2.83. The number of hydrogen-bond donors (Lipinski definition) is 1. The third kappa shape index (κ3) is 3.34. The molecule has 18 heavy (non-hydrogen) atoms. The number of nitrogens with one attached hydrogen (secondary N) is 1. The predicted octanol–water partition coefficient (Wildman–Crippen LogP) is 3.45. The van der Waals surface area contributed by atoms with E-state index in [1.807, 2.05) is 35.7 Å². The highest BCUT2D eigenvalue weighted by Crippen LogP contribution is 2.20. The van der Waals surface area contributed by atoms with E-state index in [9.17, 15) is 4.79 Å². The molecule has 0 bridgehead atoms. The molecular formula is C13H12BrNO2S. The number of carbonyl (C=O) groups excluding carboxylic acids is 1. The van der Waals surface area contributed by atoms with Crippen molar-refractivity contribution in [2.24, 2.45) is 0 Å². The van der Waals surface area contributed by atoms with Crippen LogP contribution in [0.25, 0.3) is 0 Å². The summed E-state index contributed by atoms with van der Waals surface area (Å²) in [6.45, 7) is 0.490. The molecule has 0 aliphatic heterocycles. The molecule has 1 heterocycles. The maximum atomic E-state index is 11.8. The fourth-order valence-corrected chi connectivity index (χ4v) is 2.63. The fourth-order valence-electron chi connectivity index (χ4n) is 1.50. The molecule has 0 atom stereocenters. The highest BCUT2D eigenvalue weighted by molar-refractivity contribution is 9.11. The molecule has 2 aromatic rings. The molecular weight excluding hydrogens is 314 g/mol. The van der Waals surface area contributed by atoms with Crippen molar-refractivity contribution in [1.29, 1.82) is 0 Å². The molecule has 0 saturated heterocycles. The van der Waals surface area contributed by atoms with Gasteiger partial charge in [-0.1, -0.05) is 12.1 Å². The molecule has 2 rings (SSSR count). The normalized spacial score (nSPS) is 10.1. The SMILES string of the molecule is COc1cccc(CNC(=O)c2csc(Br)c2)c1. The van der Waals surface area contributed by atoms with Gasteiger partial charge in [0, 0.05) is 11.9 Å². The Labute approximate surface area is 118 Å². The minimum Gasteiger partial charge on any atom is -0.497 e. The van der Waals surface area contributed by atoms with Gasteiger partial charge in [0.25, 0.3) is 5.91 Å². The largest absolute Gasteiger partial charge is 0.497 e. The summed E-state index contributed by atoms with van der Waals surface area (Å²) in [6, 6.07) is 9.45. The van der Waals surface area contributed by atoms with Crippen LogP contribution in [0.4, 0.5) is 0 Å². The highest BCUT2D eigenvalue weighted by atomic mass is 79.9. The van der Waals surface area contributed by atoms with Gasteiger partial charge in [0.2, 0.25) is 0 Å². The van der Waals surface area contributed by atoms with Crippen LogP contribution in [0.1, 0.15) is 15.9 Å². The van der Waals surface area contributed by atoms with E-state index in [1.165, 1.54) is 11.3 Å². The van der Waals surface area contributed by atoms with Gasteiger partial charge in [0.15, 0.2) is 0 Å². The number of thiophene rings is 1. The van der Waals surface area contributed by atoms with Crippen LogP contribution in [0.3, 0.4) is 0 Å². The van der Waals surface area contributed by atoms with Crippen molar-refractivity contribution in [3.8, 4) is 5.75 Å². The van der Waals surface area contributed by atoms with Gasteiger partial charge in [0.05, 0.1) is 16.5 Å². The second kappa shape index (κ2) is 6.02. The van der Waals surface area contributed by atoms with Crippen LogP contribution in [0.2, 0.25) is 0 Å². The molecule has 1 amide bonds. The highest BCUT2D eigenvalue weighted by Gasteiger charge is 2.07. The van der Waals surface area contributed by atoms with E-state index >= 15 is 0 Å². The summed E-state index contributed by atoms with van der Waals surface area (Å²) in [6.07, 6.45) is 0. The monoisotopic (exact) mass is 325 g/mol. The molecule has 94 valence electrons. The van der Waals surface area contributed by atoms with Gasteiger partial charge in [-0.25, -0.2) is 0 Å². The second-order valence-electron chi connectivity index (χ2n) is 3.67. The van der Waals surface area contributed by atoms with Crippen molar-refractivity contribution in [3.05, 3.63) is 50.6 Å². The topological polar surface area (TPSA) is 38.3 Å². The Morgan fingerprint density at radius 3 is 2.94 bits per heavy atom. The first-order chi connectivity index (χ1) is 8.69. The molecule has 1 N–H and O–H groups in total. The van der Waals surface area contributed by atoms with Crippen LogP contribution < -0.4 is 10.1 Å². The lowest BCUT2D eigenvalue weighted by Crippen LogP contribution is -2.22. The van der Waals surface area contributed by atoms with Crippen LogP contribution in [0.5, 0.6) is 5.75 Å². The van der Waals surface area contributed by atoms with Gasteiger partial charge in [-0.15, -0.1) is 11.3 Å². The summed E-state index contributed by atoms with van der Waals surface area (Å²) >= 11 is 4.83. The molecule has 1 aromatic heterocycles. The number of rotatable bonds is 4. The number of hydrogen-bond acceptors (Lipinski definition) is 3. The minimum atomic E-state index is -0.0697. The second-order valence-corrected chi connectivity index (χ2v) is 5.96. The number of halogens is 1. The molecule has 0 spiro atoms. The average molecular weight is 326 g/mol. The predicted molar refractivity (Wildman–Crippen MR) is 76.2 cm³/mol. The number of ether oxygens (including phenoxy) is 1. The quantitative estimate of drug-likeness (QED) is 0.935. The zero-order valence-electron chi connectivity index (χ0n) is 9.77. The summed E-state index contributed by atoms with van der Waals surface area (Å²) in [5.41, 5.74) is 1.69. The van der Waals surface area contributed by atoms with Crippen molar-refractivity contribution in [1.82, 2.24) is 5.32 Å². The van der Waals surface area contributed by atoms with Crippen LogP contribution in [0, 0.1) is 0 Å². The van der Waals surface area contributed by atoms with E-state index in [0.29, 0.717) is 12.1 Å². The molecule has 3 nitrogen and oxygen atoms in total. The van der Waals surface area contributed by atoms with Crippen molar-refractivity contribution >= 4 is 33.2 Å². The van der Waals surface area contributed by atoms with Crippen LogP contribution in [0.15, 0.2) is 39.5 Å². The molecule has 0 saturated carbocycles. The molecule has 0 unspecified atom stereocenters.